The zero-order valence-corrected chi connectivity index (χ0v) is 15.4. The number of thiocarbonyl (C=S) groups is 1. The molecule has 0 aliphatic carbocycles. The van der Waals surface area contributed by atoms with Gasteiger partial charge in [-0.1, -0.05) is 29.3 Å². The molecule has 0 spiro atoms. The van der Waals surface area contributed by atoms with Gasteiger partial charge in [-0.3, -0.25) is 10.1 Å². The Morgan fingerprint density at radius 1 is 1.08 bits per heavy atom. The number of carbonyl (C=O) groups is 1. The van der Waals surface area contributed by atoms with Crippen molar-refractivity contribution in [3.8, 4) is 5.75 Å². The molecule has 2 rings (SSSR count). The van der Waals surface area contributed by atoms with Crippen LogP contribution in [-0.4, -0.2) is 17.1 Å². The van der Waals surface area contributed by atoms with E-state index >= 15 is 0 Å². The number of rotatable bonds is 4. The second-order valence-corrected chi connectivity index (χ2v) is 6.42. The van der Waals surface area contributed by atoms with Gasteiger partial charge in [-0.2, -0.15) is 0 Å². The van der Waals surface area contributed by atoms with Gasteiger partial charge >= 0.3 is 0 Å². The number of hydrogen-bond donors (Lipinski definition) is 2. The van der Waals surface area contributed by atoms with Crippen LogP contribution in [0.4, 0.5) is 5.69 Å². The van der Waals surface area contributed by atoms with Gasteiger partial charge < -0.3 is 10.1 Å². The topological polar surface area (TPSA) is 50.4 Å². The summed E-state index contributed by atoms with van der Waals surface area (Å²) in [4.78, 5) is 12.2. The number of carbonyl (C=O) groups excluding carboxylic acids is 1. The van der Waals surface area contributed by atoms with E-state index in [2.05, 4.69) is 10.6 Å². The van der Waals surface area contributed by atoms with Crippen LogP contribution in [0.15, 0.2) is 42.5 Å². The predicted molar refractivity (Wildman–Crippen MR) is 102 cm³/mol. The minimum atomic E-state index is -0.341. The first-order valence-electron chi connectivity index (χ1n) is 7.20. The summed E-state index contributed by atoms with van der Waals surface area (Å²) < 4.78 is 5.54. The van der Waals surface area contributed by atoms with Gasteiger partial charge in [0.1, 0.15) is 5.75 Å². The first kappa shape index (κ1) is 18.5. The third-order valence-corrected chi connectivity index (χ3v) is 3.75. The van der Waals surface area contributed by atoms with Crippen LogP contribution in [-0.2, 0) is 0 Å². The van der Waals surface area contributed by atoms with Crippen LogP contribution in [0.5, 0.6) is 5.75 Å². The second kappa shape index (κ2) is 8.33. The maximum Gasteiger partial charge on any atom is 0.257 e. The summed E-state index contributed by atoms with van der Waals surface area (Å²) in [6.45, 7) is 3.87. The lowest BCUT2D eigenvalue weighted by molar-refractivity contribution is 0.0977. The molecule has 0 aliphatic heterocycles. The Balaban J connectivity index is 2.00. The van der Waals surface area contributed by atoms with Gasteiger partial charge in [-0.25, -0.2) is 0 Å². The van der Waals surface area contributed by atoms with Crippen molar-refractivity contribution in [1.82, 2.24) is 5.32 Å². The van der Waals surface area contributed by atoms with Crippen LogP contribution in [0, 0.1) is 0 Å². The highest BCUT2D eigenvalue weighted by atomic mass is 35.5. The molecule has 0 aromatic heterocycles. The third-order valence-electron chi connectivity index (χ3n) is 2.92. The molecule has 0 aliphatic rings. The smallest absolute Gasteiger partial charge is 0.257 e. The van der Waals surface area contributed by atoms with Crippen molar-refractivity contribution in [3.63, 3.8) is 0 Å². The number of para-hydroxylation sites is 1. The summed E-state index contributed by atoms with van der Waals surface area (Å²) in [5, 5.41) is 6.34. The summed E-state index contributed by atoms with van der Waals surface area (Å²) in [7, 11) is 0. The molecule has 0 atom stereocenters. The third kappa shape index (κ3) is 5.09. The maximum atomic E-state index is 12.2. The molecule has 0 saturated heterocycles. The molecule has 0 unspecified atom stereocenters. The van der Waals surface area contributed by atoms with E-state index in [1.165, 1.54) is 0 Å². The molecule has 7 heteroatoms. The summed E-state index contributed by atoms with van der Waals surface area (Å²) in [6, 6.07) is 11.9. The van der Waals surface area contributed by atoms with Crippen LogP contribution in [0.1, 0.15) is 24.2 Å². The van der Waals surface area contributed by atoms with E-state index in [9.17, 15) is 4.79 Å². The fraction of sp³-hybridized carbons (Fsp3) is 0.176. The number of halogens is 2. The summed E-state index contributed by atoms with van der Waals surface area (Å²) >= 11 is 17.2. The van der Waals surface area contributed by atoms with Crippen molar-refractivity contribution in [2.75, 3.05) is 5.32 Å². The fourth-order valence-corrected chi connectivity index (χ4v) is 2.58. The highest BCUT2D eigenvalue weighted by Gasteiger charge is 2.11. The van der Waals surface area contributed by atoms with Crippen LogP contribution < -0.4 is 15.4 Å². The molecular weight excluding hydrogens is 367 g/mol. The van der Waals surface area contributed by atoms with E-state index in [0.717, 1.165) is 0 Å². The largest absolute Gasteiger partial charge is 0.491 e. The number of nitrogens with one attached hydrogen (secondary N) is 2. The van der Waals surface area contributed by atoms with E-state index in [4.69, 9.17) is 40.2 Å². The Hall–Kier alpha value is -1.82. The van der Waals surface area contributed by atoms with E-state index in [-0.39, 0.29) is 17.1 Å². The van der Waals surface area contributed by atoms with E-state index < -0.39 is 0 Å². The highest BCUT2D eigenvalue weighted by molar-refractivity contribution is 7.80. The van der Waals surface area contributed by atoms with E-state index in [1.807, 2.05) is 13.8 Å². The quantitative estimate of drug-likeness (QED) is 0.737. The van der Waals surface area contributed by atoms with Crippen LogP contribution >= 0.6 is 35.4 Å². The second-order valence-electron chi connectivity index (χ2n) is 5.20. The summed E-state index contributed by atoms with van der Waals surface area (Å²) in [5.41, 5.74) is 0.910. The molecule has 2 aromatic carbocycles. The van der Waals surface area contributed by atoms with E-state index in [1.54, 1.807) is 42.5 Å². The van der Waals surface area contributed by atoms with Crippen molar-refractivity contribution in [3.05, 3.63) is 58.1 Å². The molecule has 1 amide bonds. The van der Waals surface area contributed by atoms with Crippen LogP contribution in [0.2, 0.25) is 10.0 Å². The van der Waals surface area contributed by atoms with Crippen molar-refractivity contribution >= 4 is 52.1 Å². The number of amides is 1. The number of ether oxygens (including phenoxy) is 1. The average molecular weight is 383 g/mol. The number of benzene rings is 2. The standard InChI is InChI=1S/C17H16Cl2N2O2S/c1-10(2)23-12-8-6-11(7-9-12)16(22)21-17(24)20-15-13(18)4-3-5-14(15)19/h3-10H,1-2H3,(H2,20,21,22,24). The average Bonchev–Trinajstić information content (AvgIpc) is 2.51. The lowest BCUT2D eigenvalue weighted by Crippen LogP contribution is -2.34. The molecule has 0 fully saturated rings. The Bertz CT molecular complexity index is 729. The Labute approximate surface area is 156 Å². The molecule has 0 radical (unpaired) electrons. The molecular formula is C17H16Cl2N2O2S. The number of anilines is 1. The Morgan fingerprint density at radius 3 is 2.21 bits per heavy atom. The fourth-order valence-electron chi connectivity index (χ4n) is 1.89. The van der Waals surface area contributed by atoms with Crippen molar-refractivity contribution in [1.29, 1.82) is 0 Å². The van der Waals surface area contributed by atoms with Gasteiger partial charge in [0.15, 0.2) is 5.11 Å². The molecule has 2 N–H and O–H groups in total. The monoisotopic (exact) mass is 382 g/mol. The molecule has 0 heterocycles. The van der Waals surface area contributed by atoms with Gasteiger partial charge in [-0.15, -0.1) is 0 Å². The Morgan fingerprint density at radius 2 is 1.67 bits per heavy atom. The zero-order chi connectivity index (χ0) is 17.7. The highest BCUT2D eigenvalue weighted by Crippen LogP contribution is 2.29. The Kier molecular flexibility index (Phi) is 6.43. The lowest BCUT2D eigenvalue weighted by Gasteiger charge is -2.13. The van der Waals surface area contributed by atoms with Gasteiger partial charge in [0.2, 0.25) is 0 Å². The molecule has 0 saturated carbocycles. The first-order valence-corrected chi connectivity index (χ1v) is 8.36. The minimum absolute atomic E-state index is 0.0711. The maximum absolute atomic E-state index is 12.2. The lowest BCUT2D eigenvalue weighted by atomic mass is 10.2. The zero-order valence-electron chi connectivity index (χ0n) is 13.1. The first-order chi connectivity index (χ1) is 11.4. The normalized spacial score (nSPS) is 10.4. The molecule has 0 bridgehead atoms. The van der Waals surface area contributed by atoms with Crippen molar-refractivity contribution in [2.24, 2.45) is 0 Å². The van der Waals surface area contributed by atoms with Crippen LogP contribution in [0.25, 0.3) is 0 Å². The predicted octanol–water partition coefficient (Wildman–Crippen LogP) is 4.91. The van der Waals surface area contributed by atoms with Crippen molar-refractivity contribution < 1.29 is 9.53 Å². The van der Waals surface area contributed by atoms with Gasteiger partial charge in [0.05, 0.1) is 21.8 Å². The molecule has 126 valence electrons. The van der Waals surface area contributed by atoms with Crippen LogP contribution in [0.3, 0.4) is 0 Å². The summed E-state index contributed by atoms with van der Waals surface area (Å²) in [5.74, 6) is 0.358. The molecule has 24 heavy (non-hydrogen) atoms. The molecule has 2 aromatic rings. The van der Waals surface area contributed by atoms with Gasteiger partial charge in [0, 0.05) is 5.56 Å². The van der Waals surface area contributed by atoms with Gasteiger partial charge in [-0.05, 0) is 62.5 Å². The van der Waals surface area contributed by atoms with Gasteiger partial charge in [0.25, 0.3) is 5.91 Å². The summed E-state index contributed by atoms with van der Waals surface area (Å²) in [6.07, 6.45) is 0.0711. The number of hydrogen-bond acceptors (Lipinski definition) is 3. The van der Waals surface area contributed by atoms with E-state index in [0.29, 0.717) is 27.0 Å². The van der Waals surface area contributed by atoms with Crippen molar-refractivity contribution in [2.45, 2.75) is 20.0 Å². The SMILES string of the molecule is CC(C)Oc1ccc(C(=O)NC(=S)Nc2c(Cl)cccc2Cl)cc1. The molecule has 4 nitrogen and oxygen atoms in total. The minimum Gasteiger partial charge on any atom is -0.491 e.